The number of halogens is 1. The number of rotatable bonds is 4. The predicted molar refractivity (Wildman–Crippen MR) is 109 cm³/mol. The molecule has 0 radical (unpaired) electrons. The van der Waals surface area contributed by atoms with E-state index >= 15 is 0 Å². The summed E-state index contributed by atoms with van der Waals surface area (Å²) in [5, 5.41) is 6.47. The first-order chi connectivity index (χ1) is 13.7. The van der Waals surface area contributed by atoms with Crippen LogP contribution >= 0.6 is 11.3 Å². The van der Waals surface area contributed by atoms with Crippen molar-refractivity contribution in [2.75, 3.05) is 5.32 Å². The predicted octanol–water partition coefficient (Wildman–Crippen LogP) is 4.94. The Balaban J connectivity index is 1.62. The summed E-state index contributed by atoms with van der Waals surface area (Å²) >= 11 is 1.57. The van der Waals surface area contributed by atoms with Crippen LogP contribution in [0.4, 0.5) is 10.2 Å². The van der Waals surface area contributed by atoms with Gasteiger partial charge in [0, 0.05) is 16.5 Å². The van der Waals surface area contributed by atoms with Crippen LogP contribution in [0.5, 0.6) is 0 Å². The lowest BCUT2D eigenvalue weighted by atomic mass is 9.99. The number of anilines is 1. The molecule has 0 aliphatic heterocycles. The molecule has 0 aliphatic rings. The molecule has 1 aromatic carbocycles. The van der Waals surface area contributed by atoms with Crippen LogP contribution in [-0.2, 0) is 0 Å². The van der Waals surface area contributed by atoms with Gasteiger partial charge in [-0.1, -0.05) is 12.1 Å². The zero-order valence-electron chi connectivity index (χ0n) is 14.8. The average Bonchev–Trinajstić information content (AvgIpc) is 3.36. The van der Waals surface area contributed by atoms with E-state index in [1.54, 1.807) is 23.7 Å². The van der Waals surface area contributed by atoms with Crippen LogP contribution in [0, 0.1) is 5.82 Å². The molecule has 138 valence electrons. The van der Waals surface area contributed by atoms with Crippen molar-refractivity contribution in [3.63, 3.8) is 0 Å². The molecule has 0 spiro atoms. The summed E-state index contributed by atoms with van der Waals surface area (Å²) in [5.74, 6) is 0.348. The molecule has 0 bridgehead atoms. The molecule has 4 aromatic heterocycles. The van der Waals surface area contributed by atoms with Gasteiger partial charge in [-0.15, -0.1) is 11.3 Å². The van der Waals surface area contributed by atoms with Gasteiger partial charge in [-0.05, 0) is 36.6 Å². The zero-order chi connectivity index (χ0) is 19.1. The van der Waals surface area contributed by atoms with Crippen molar-refractivity contribution in [1.29, 1.82) is 0 Å². The van der Waals surface area contributed by atoms with E-state index in [0.717, 1.165) is 27.0 Å². The second kappa shape index (κ2) is 6.65. The number of imidazole rings is 1. The van der Waals surface area contributed by atoms with Crippen LogP contribution in [0.1, 0.15) is 18.5 Å². The molecule has 6 nitrogen and oxygen atoms in total. The van der Waals surface area contributed by atoms with Gasteiger partial charge in [-0.2, -0.15) is 0 Å². The maximum absolute atomic E-state index is 13.9. The maximum Gasteiger partial charge on any atom is 0.162 e. The summed E-state index contributed by atoms with van der Waals surface area (Å²) in [6.45, 7) is 2.03. The Bertz CT molecular complexity index is 1290. The number of hydrogen-bond acceptors (Lipinski definition) is 6. The number of H-pyrrole nitrogens is 1. The number of nitrogens with zero attached hydrogens (tertiary/aromatic N) is 4. The Morgan fingerprint density at radius 3 is 2.96 bits per heavy atom. The Hall–Kier alpha value is -3.39. The molecule has 0 saturated heterocycles. The molecule has 0 unspecified atom stereocenters. The highest BCUT2D eigenvalue weighted by Gasteiger charge is 2.18. The number of hydrogen-bond donors (Lipinski definition) is 2. The molecule has 0 amide bonds. The number of pyridine rings is 1. The molecule has 0 aliphatic carbocycles. The Morgan fingerprint density at radius 2 is 2.07 bits per heavy atom. The molecule has 4 heterocycles. The largest absolute Gasteiger partial charge is 0.362 e. The van der Waals surface area contributed by atoms with Crippen LogP contribution in [-0.4, -0.2) is 24.9 Å². The van der Waals surface area contributed by atoms with Crippen molar-refractivity contribution in [1.82, 2.24) is 24.9 Å². The second-order valence-electron chi connectivity index (χ2n) is 6.44. The van der Waals surface area contributed by atoms with Crippen molar-refractivity contribution in [3.8, 4) is 11.3 Å². The first-order valence-electron chi connectivity index (χ1n) is 8.74. The number of nitrogens with one attached hydrogen (secondary N) is 2. The van der Waals surface area contributed by atoms with E-state index in [9.17, 15) is 4.39 Å². The Kier molecular flexibility index (Phi) is 3.98. The lowest BCUT2D eigenvalue weighted by molar-refractivity contribution is 0.628. The van der Waals surface area contributed by atoms with E-state index in [1.165, 1.54) is 18.5 Å². The van der Waals surface area contributed by atoms with Crippen LogP contribution in [0.3, 0.4) is 0 Å². The third-order valence-electron chi connectivity index (χ3n) is 4.61. The minimum Gasteiger partial charge on any atom is -0.362 e. The third kappa shape index (κ3) is 2.87. The van der Waals surface area contributed by atoms with Gasteiger partial charge in [0.05, 0.1) is 18.1 Å². The van der Waals surface area contributed by atoms with Crippen molar-refractivity contribution in [2.24, 2.45) is 0 Å². The van der Waals surface area contributed by atoms with E-state index in [4.69, 9.17) is 4.98 Å². The fraction of sp³-hybridized carbons (Fsp3) is 0.100. The van der Waals surface area contributed by atoms with Gasteiger partial charge in [0.2, 0.25) is 0 Å². The summed E-state index contributed by atoms with van der Waals surface area (Å²) in [4.78, 5) is 21.5. The topological polar surface area (TPSA) is 79.4 Å². The summed E-state index contributed by atoms with van der Waals surface area (Å²) in [6.07, 6.45) is 3.08. The van der Waals surface area contributed by atoms with E-state index in [2.05, 4.69) is 31.3 Å². The highest BCUT2D eigenvalue weighted by molar-refractivity contribution is 7.16. The lowest BCUT2D eigenvalue weighted by Crippen LogP contribution is -2.11. The molecule has 0 saturated carbocycles. The average molecular weight is 390 g/mol. The quantitative estimate of drug-likeness (QED) is 0.454. The maximum atomic E-state index is 13.9. The summed E-state index contributed by atoms with van der Waals surface area (Å²) in [5.41, 5.74) is 3.79. The monoisotopic (exact) mass is 390 g/mol. The number of fused-ring (bicyclic) bond motifs is 2. The van der Waals surface area contributed by atoms with E-state index in [0.29, 0.717) is 17.0 Å². The van der Waals surface area contributed by atoms with Crippen LogP contribution < -0.4 is 5.32 Å². The number of aromatic nitrogens is 5. The van der Waals surface area contributed by atoms with Gasteiger partial charge in [0.15, 0.2) is 11.5 Å². The second-order valence-corrected chi connectivity index (χ2v) is 7.33. The van der Waals surface area contributed by atoms with Gasteiger partial charge >= 0.3 is 0 Å². The molecular formula is C20H15FN6S. The molecular weight excluding hydrogens is 375 g/mol. The number of benzene rings is 1. The number of thiophene rings is 1. The minimum atomic E-state index is -0.286. The first kappa shape index (κ1) is 16.8. The first-order valence-corrected chi connectivity index (χ1v) is 9.62. The normalized spacial score (nSPS) is 12.5. The van der Waals surface area contributed by atoms with E-state index < -0.39 is 0 Å². The van der Waals surface area contributed by atoms with Gasteiger partial charge in [-0.3, -0.25) is 0 Å². The van der Waals surface area contributed by atoms with Crippen molar-refractivity contribution in [3.05, 3.63) is 65.8 Å². The zero-order valence-corrected chi connectivity index (χ0v) is 15.7. The molecule has 5 rings (SSSR count). The molecule has 8 heteroatoms. The van der Waals surface area contributed by atoms with Gasteiger partial charge in [-0.25, -0.2) is 24.3 Å². The molecule has 28 heavy (non-hydrogen) atoms. The fourth-order valence-electron chi connectivity index (χ4n) is 3.26. The molecule has 1 atom stereocenters. The minimum absolute atomic E-state index is 0.134. The molecule has 2 N–H and O–H groups in total. The number of aromatic amines is 1. The summed E-state index contributed by atoms with van der Waals surface area (Å²) in [7, 11) is 0. The Morgan fingerprint density at radius 1 is 1.14 bits per heavy atom. The standard InChI is InChI=1S/C20H15FN6S/c1-11(26-19-17-18(23-9-22-17)24-10-25-19)15-8-13-5-6-28-20(13)27-16(15)12-3-2-4-14(21)7-12/h2-11H,1H3,(H2,22,23,24,25,26)/t11-/m0/s1. The SMILES string of the molecule is C[C@H](Nc1ncnc2[nH]cnc12)c1cc2ccsc2nc1-c1cccc(F)c1. The van der Waals surface area contributed by atoms with Crippen LogP contribution in [0.15, 0.2) is 54.4 Å². The highest BCUT2D eigenvalue weighted by atomic mass is 32.1. The van der Waals surface area contributed by atoms with Crippen molar-refractivity contribution in [2.45, 2.75) is 13.0 Å². The van der Waals surface area contributed by atoms with Crippen molar-refractivity contribution >= 4 is 38.5 Å². The Labute approximate surface area is 163 Å². The highest BCUT2D eigenvalue weighted by Crippen LogP contribution is 2.33. The summed E-state index contributed by atoms with van der Waals surface area (Å²) < 4.78 is 13.9. The fourth-order valence-corrected chi connectivity index (χ4v) is 4.01. The lowest BCUT2D eigenvalue weighted by Gasteiger charge is -2.18. The van der Waals surface area contributed by atoms with Crippen LogP contribution in [0.25, 0.3) is 32.6 Å². The van der Waals surface area contributed by atoms with Gasteiger partial charge < -0.3 is 10.3 Å². The molecule has 5 aromatic rings. The van der Waals surface area contributed by atoms with E-state index in [-0.39, 0.29) is 11.9 Å². The van der Waals surface area contributed by atoms with Gasteiger partial charge in [0.25, 0.3) is 0 Å². The summed E-state index contributed by atoms with van der Waals surface area (Å²) in [6, 6.07) is 10.5. The van der Waals surface area contributed by atoms with E-state index in [1.807, 2.05) is 24.4 Å². The smallest absolute Gasteiger partial charge is 0.162 e. The van der Waals surface area contributed by atoms with Crippen molar-refractivity contribution < 1.29 is 4.39 Å². The van der Waals surface area contributed by atoms with Gasteiger partial charge in [0.1, 0.15) is 22.5 Å². The molecule has 0 fully saturated rings. The van der Waals surface area contributed by atoms with Crippen LogP contribution in [0.2, 0.25) is 0 Å². The third-order valence-corrected chi connectivity index (χ3v) is 5.43.